The highest BCUT2D eigenvalue weighted by Crippen LogP contribution is 2.30. The lowest BCUT2D eigenvalue weighted by molar-refractivity contribution is -0.393. The maximum atomic E-state index is 11.9. The van der Waals surface area contributed by atoms with E-state index in [1.54, 1.807) is 48.5 Å². The molecule has 0 aliphatic heterocycles. The van der Waals surface area contributed by atoms with Crippen LogP contribution in [0.1, 0.15) is 11.1 Å². The molecule has 3 rings (SSSR count). The molecule has 0 spiro atoms. The number of nitro benzene ring substituents is 2. The van der Waals surface area contributed by atoms with Crippen LogP contribution in [0.25, 0.3) is 0 Å². The fourth-order valence-electron chi connectivity index (χ4n) is 2.88. The summed E-state index contributed by atoms with van der Waals surface area (Å²) in [5.41, 5.74) is 3.29. The molecule has 1 amide bonds. The summed E-state index contributed by atoms with van der Waals surface area (Å²) in [7, 11) is 0. The zero-order valence-electron chi connectivity index (χ0n) is 16.7. The number of alkyl halides is 1. The minimum absolute atomic E-state index is 0.0626. The van der Waals surface area contributed by atoms with Crippen molar-refractivity contribution >= 4 is 57.6 Å². The zero-order chi connectivity index (χ0) is 24.0. The number of hydrogen-bond acceptors (Lipinski definition) is 7. The van der Waals surface area contributed by atoms with Gasteiger partial charge in [0.1, 0.15) is 11.6 Å². The molecule has 0 unspecified atom stereocenters. The Morgan fingerprint density at radius 2 is 1.64 bits per heavy atom. The number of nitro groups is 2. The lowest BCUT2D eigenvalue weighted by Crippen LogP contribution is -2.17. The van der Waals surface area contributed by atoms with Gasteiger partial charge in [0.2, 0.25) is 5.91 Å². The van der Waals surface area contributed by atoms with E-state index in [2.05, 4.69) is 15.8 Å². The predicted molar refractivity (Wildman–Crippen MR) is 126 cm³/mol. The number of benzene rings is 3. The highest BCUT2D eigenvalue weighted by atomic mass is 35.5. The molecule has 12 heteroatoms. The molecule has 10 nitrogen and oxygen atoms in total. The van der Waals surface area contributed by atoms with Crippen LogP contribution in [0.3, 0.4) is 0 Å². The average molecular weight is 488 g/mol. The van der Waals surface area contributed by atoms with E-state index in [4.69, 9.17) is 23.2 Å². The first-order valence-corrected chi connectivity index (χ1v) is 10.2. The molecule has 0 atom stereocenters. The first-order chi connectivity index (χ1) is 15.8. The normalized spacial score (nSPS) is 11.0. The third kappa shape index (κ3) is 5.82. The van der Waals surface area contributed by atoms with Crippen LogP contribution >= 0.6 is 23.2 Å². The van der Waals surface area contributed by atoms with Gasteiger partial charge >= 0.3 is 5.69 Å². The van der Waals surface area contributed by atoms with Gasteiger partial charge in [-0.05, 0) is 24.3 Å². The molecule has 168 valence electrons. The second kappa shape index (κ2) is 10.5. The van der Waals surface area contributed by atoms with Gasteiger partial charge in [-0.1, -0.05) is 41.9 Å². The summed E-state index contributed by atoms with van der Waals surface area (Å²) < 4.78 is 0. The second-order valence-electron chi connectivity index (χ2n) is 6.53. The van der Waals surface area contributed by atoms with E-state index >= 15 is 0 Å². The van der Waals surface area contributed by atoms with Gasteiger partial charge in [-0.25, -0.2) is 0 Å². The number of hydrogen-bond donors (Lipinski definition) is 2. The number of halogens is 2. The number of nitrogens with one attached hydrogen (secondary N) is 2. The number of hydrazone groups is 1. The van der Waals surface area contributed by atoms with Crippen molar-refractivity contribution in [2.75, 3.05) is 16.6 Å². The Kier molecular flexibility index (Phi) is 7.54. The van der Waals surface area contributed by atoms with Gasteiger partial charge in [-0.2, -0.15) is 5.10 Å². The highest BCUT2D eigenvalue weighted by molar-refractivity contribution is 6.32. The number of non-ortho nitro benzene ring substituents is 1. The molecule has 0 aliphatic rings. The van der Waals surface area contributed by atoms with E-state index in [1.807, 2.05) is 0 Å². The van der Waals surface area contributed by atoms with Crippen LogP contribution < -0.4 is 10.7 Å². The van der Waals surface area contributed by atoms with Gasteiger partial charge in [0.05, 0.1) is 27.3 Å². The van der Waals surface area contributed by atoms with Crippen molar-refractivity contribution in [2.45, 2.75) is 0 Å². The SMILES string of the molecule is O=C(CCl)Nc1ccc(Cl)cc1/C(=N/Nc1ccc([N+](=O)[O-])cc1[N+](=O)[O-])c1ccccc1. The largest absolute Gasteiger partial charge is 0.324 e. The summed E-state index contributed by atoms with van der Waals surface area (Å²) in [5.74, 6) is -0.723. The topological polar surface area (TPSA) is 140 Å². The maximum absolute atomic E-state index is 11.9. The van der Waals surface area contributed by atoms with Gasteiger partial charge in [-0.3, -0.25) is 30.4 Å². The molecule has 0 saturated carbocycles. The average Bonchev–Trinajstić information content (AvgIpc) is 2.81. The summed E-state index contributed by atoms with van der Waals surface area (Å²) in [6, 6.07) is 16.7. The first kappa shape index (κ1) is 23.6. The van der Waals surface area contributed by atoms with E-state index < -0.39 is 27.1 Å². The standard InChI is InChI=1S/C21H15Cl2N5O5/c22-12-20(29)24-17-8-6-14(23)10-16(17)21(13-4-2-1-3-5-13)26-25-18-9-7-15(27(30)31)11-19(18)28(32)33/h1-11,25H,12H2,(H,24,29)/b26-21+. The summed E-state index contributed by atoms with van der Waals surface area (Å²) in [6.45, 7) is 0. The van der Waals surface area contributed by atoms with Crippen molar-refractivity contribution in [1.29, 1.82) is 0 Å². The van der Waals surface area contributed by atoms with Crippen LogP contribution in [-0.2, 0) is 4.79 Å². The van der Waals surface area contributed by atoms with Crippen LogP contribution in [0, 0.1) is 20.2 Å². The van der Waals surface area contributed by atoms with Crippen LogP contribution in [0.4, 0.5) is 22.7 Å². The Labute approximate surface area is 197 Å². The van der Waals surface area contributed by atoms with E-state index in [9.17, 15) is 25.0 Å². The number of rotatable bonds is 8. The molecule has 3 aromatic carbocycles. The molecule has 0 heterocycles. The second-order valence-corrected chi connectivity index (χ2v) is 7.23. The van der Waals surface area contributed by atoms with Crippen molar-refractivity contribution in [3.05, 3.63) is 103 Å². The predicted octanol–water partition coefficient (Wildman–Crippen LogP) is 5.20. The van der Waals surface area contributed by atoms with Gasteiger partial charge < -0.3 is 5.32 Å². The van der Waals surface area contributed by atoms with E-state index in [0.717, 1.165) is 12.1 Å². The summed E-state index contributed by atoms with van der Waals surface area (Å²) in [6.07, 6.45) is 0. The molecule has 33 heavy (non-hydrogen) atoms. The Hall–Kier alpha value is -4.02. The molecule has 0 saturated heterocycles. The van der Waals surface area contributed by atoms with E-state index in [0.29, 0.717) is 27.5 Å². The van der Waals surface area contributed by atoms with E-state index in [1.165, 1.54) is 6.07 Å². The van der Waals surface area contributed by atoms with Gasteiger partial charge in [-0.15, -0.1) is 11.6 Å². The lowest BCUT2D eigenvalue weighted by Gasteiger charge is -2.14. The Bertz CT molecular complexity index is 1250. The molecule has 0 aliphatic carbocycles. The number of anilines is 2. The van der Waals surface area contributed by atoms with Gasteiger partial charge in [0.15, 0.2) is 0 Å². The van der Waals surface area contributed by atoms with Crippen molar-refractivity contribution in [3.63, 3.8) is 0 Å². The molecule has 0 aromatic heterocycles. The Morgan fingerprint density at radius 3 is 2.27 bits per heavy atom. The monoisotopic (exact) mass is 487 g/mol. The summed E-state index contributed by atoms with van der Waals surface area (Å²) >= 11 is 11.8. The molecule has 3 aromatic rings. The lowest BCUT2D eigenvalue weighted by atomic mass is 10.0. The van der Waals surface area contributed by atoms with Gasteiger partial charge in [0, 0.05) is 22.2 Å². The maximum Gasteiger partial charge on any atom is 0.301 e. The number of carbonyl (C=O) groups is 1. The Morgan fingerprint density at radius 1 is 0.939 bits per heavy atom. The number of amides is 1. The van der Waals surface area contributed by atoms with Crippen LogP contribution in [-0.4, -0.2) is 27.3 Å². The van der Waals surface area contributed by atoms with Crippen LogP contribution in [0.15, 0.2) is 71.8 Å². The Balaban J connectivity index is 2.13. The van der Waals surface area contributed by atoms with Crippen molar-refractivity contribution in [1.82, 2.24) is 0 Å². The highest BCUT2D eigenvalue weighted by Gasteiger charge is 2.20. The third-order valence-electron chi connectivity index (χ3n) is 4.36. The summed E-state index contributed by atoms with van der Waals surface area (Å²) in [4.78, 5) is 32.9. The number of carbonyl (C=O) groups excluding carboxylic acids is 1. The van der Waals surface area contributed by atoms with Crippen molar-refractivity contribution in [2.24, 2.45) is 5.10 Å². The molecule has 0 fully saturated rings. The molecule has 0 radical (unpaired) electrons. The minimum Gasteiger partial charge on any atom is -0.324 e. The first-order valence-electron chi connectivity index (χ1n) is 9.28. The van der Waals surface area contributed by atoms with Crippen LogP contribution in [0.2, 0.25) is 5.02 Å². The molecule has 0 bridgehead atoms. The van der Waals surface area contributed by atoms with Crippen molar-refractivity contribution in [3.8, 4) is 0 Å². The third-order valence-corrected chi connectivity index (χ3v) is 4.83. The zero-order valence-corrected chi connectivity index (χ0v) is 18.2. The molecular weight excluding hydrogens is 473 g/mol. The number of nitrogens with zero attached hydrogens (tertiary/aromatic N) is 3. The fourth-order valence-corrected chi connectivity index (χ4v) is 3.12. The fraction of sp³-hybridized carbons (Fsp3) is 0.0476. The van der Waals surface area contributed by atoms with E-state index in [-0.39, 0.29) is 11.6 Å². The van der Waals surface area contributed by atoms with Crippen molar-refractivity contribution < 1.29 is 14.6 Å². The molecule has 2 N–H and O–H groups in total. The minimum atomic E-state index is -0.751. The quantitative estimate of drug-likeness (QED) is 0.193. The molecular formula is C21H15Cl2N5O5. The summed E-state index contributed by atoms with van der Waals surface area (Å²) in [5, 5.41) is 29.8. The smallest absolute Gasteiger partial charge is 0.301 e. The van der Waals surface area contributed by atoms with Crippen LogP contribution in [0.5, 0.6) is 0 Å². The van der Waals surface area contributed by atoms with Gasteiger partial charge in [0.25, 0.3) is 5.69 Å².